The number of piperazine rings is 3. The molecule has 4 aliphatic rings. The highest BCUT2D eigenvalue weighted by molar-refractivity contribution is 5.80. The Balaban J connectivity index is 1.31. The van der Waals surface area contributed by atoms with Crippen molar-refractivity contribution in [2.45, 2.75) is 32.0 Å². The van der Waals surface area contributed by atoms with Gasteiger partial charge in [0.25, 0.3) is 0 Å². The van der Waals surface area contributed by atoms with Crippen molar-refractivity contribution in [3.63, 3.8) is 0 Å². The Kier molecular flexibility index (Phi) is 5.78. The van der Waals surface area contributed by atoms with Crippen LogP contribution in [0.1, 0.15) is 29.7 Å². The number of rotatable bonds is 5. The van der Waals surface area contributed by atoms with E-state index in [-0.39, 0.29) is 6.04 Å². The van der Waals surface area contributed by atoms with E-state index in [4.69, 9.17) is 9.73 Å². The number of benzene rings is 1. The van der Waals surface area contributed by atoms with Gasteiger partial charge in [-0.25, -0.2) is 4.99 Å². The Labute approximate surface area is 183 Å². The maximum atomic E-state index is 5.84. The minimum absolute atomic E-state index is 0.171. The van der Waals surface area contributed by atoms with Crippen molar-refractivity contribution in [2.24, 2.45) is 12.0 Å². The average Bonchev–Trinajstić information content (AvgIpc) is 3.14. The van der Waals surface area contributed by atoms with Gasteiger partial charge < -0.3 is 19.9 Å². The van der Waals surface area contributed by atoms with Gasteiger partial charge in [0, 0.05) is 64.3 Å². The SMILES string of the molecule is Cc1nnc(CN=C(NCC2CN3CCN2CC3)NC2CCOc3ccccc32)n1C. The van der Waals surface area contributed by atoms with E-state index >= 15 is 0 Å². The number of para-hydroxylation sites is 1. The van der Waals surface area contributed by atoms with E-state index in [1.165, 1.54) is 18.7 Å². The van der Waals surface area contributed by atoms with Crippen LogP contribution in [0.2, 0.25) is 0 Å². The first kappa shape index (κ1) is 20.3. The van der Waals surface area contributed by atoms with Gasteiger partial charge in [-0.05, 0) is 13.0 Å². The lowest BCUT2D eigenvalue weighted by Crippen LogP contribution is -2.64. The molecule has 9 nitrogen and oxygen atoms in total. The molecule has 31 heavy (non-hydrogen) atoms. The van der Waals surface area contributed by atoms with E-state index in [0.717, 1.165) is 56.0 Å². The molecule has 4 aliphatic heterocycles. The third-order valence-corrected chi connectivity index (χ3v) is 6.73. The summed E-state index contributed by atoms with van der Waals surface area (Å²) in [5, 5.41) is 15.7. The van der Waals surface area contributed by atoms with Crippen molar-refractivity contribution in [1.29, 1.82) is 0 Å². The molecule has 2 unspecified atom stereocenters. The monoisotopic (exact) mass is 424 g/mol. The first-order valence-corrected chi connectivity index (χ1v) is 11.3. The summed E-state index contributed by atoms with van der Waals surface area (Å²) in [6, 6.07) is 8.95. The van der Waals surface area contributed by atoms with Crippen LogP contribution in [0.5, 0.6) is 5.75 Å². The normalized spacial score (nSPS) is 27.5. The summed E-state index contributed by atoms with van der Waals surface area (Å²) in [6.45, 7) is 9.87. The second-order valence-electron chi connectivity index (χ2n) is 8.63. The Morgan fingerprint density at radius 3 is 2.77 bits per heavy atom. The minimum atomic E-state index is 0.171. The van der Waals surface area contributed by atoms with Crippen molar-refractivity contribution >= 4 is 5.96 Å². The molecule has 5 heterocycles. The van der Waals surface area contributed by atoms with Crippen LogP contribution in [-0.2, 0) is 13.6 Å². The number of ether oxygens (including phenoxy) is 1. The summed E-state index contributed by atoms with van der Waals surface area (Å²) in [5.74, 6) is 3.53. The molecule has 1 aromatic heterocycles. The summed E-state index contributed by atoms with van der Waals surface area (Å²) in [7, 11) is 1.98. The van der Waals surface area contributed by atoms with Gasteiger partial charge in [0.05, 0.1) is 12.6 Å². The lowest BCUT2D eigenvalue weighted by atomic mass is 10.0. The third kappa shape index (κ3) is 4.38. The van der Waals surface area contributed by atoms with Crippen LogP contribution in [0.15, 0.2) is 29.3 Å². The van der Waals surface area contributed by atoms with E-state index in [1.54, 1.807) is 0 Å². The van der Waals surface area contributed by atoms with E-state index in [0.29, 0.717) is 19.2 Å². The molecule has 1 aromatic carbocycles. The fourth-order valence-corrected chi connectivity index (χ4v) is 4.68. The van der Waals surface area contributed by atoms with Crippen LogP contribution in [0, 0.1) is 6.92 Å². The van der Waals surface area contributed by atoms with Crippen molar-refractivity contribution in [3.05, 3.63) is 41.5 Å². The molecule has 2 aromatic rings. The number of aryl methyl sites for hydroxylation is 1. The zero-order valence-electron chi connectivity index (χ0n) is 18.4. The quantitative estimate of drug-likeness (QED) is 0.540. The standard InChI is InChI=1S/C22H32N8O/c1-16-26-27-21(28(16)2)14-24-22(23-13-17-15-29-8-10-30(17)11-9-29)25-19-7-12-31-20-6-4-3-5-18(19)20/h3-6,17,19H,7-15H2,1-2H3,(H2,23,24,25). The summed E-state index contributed by atoms with van der Waals surface area (Å²) in [4.78, 5) is 10.0. The van der Waals surface area contributed by atoms with Crippen LogP contribution in [0.25, 0.3) is 0 Å². The highest BCUT2D eigenvalue weighted by atomic mass is 16.5. The van der Waals surface area contributed by atoms with Crippen LogP contribution in [0.4, 0.5) is 0 Å². The fourth-order valence-electron chi connectivity index (χ4n) is 4.68. The third-order valence-electron chi connectivity index (χ3n) is 6.73. The highest BCUT2D eigenvalue weighted by Gasteiger charge is 2.32. The van der Waals surface area contributed by atoms with Gasteiger partial charge in [-0.2, -0.15) is 0 Å². The van der Waals surface area contributed by atoms with Crippen molar-refractivity contribution in [2.75, 3.05) is 45.9 Å². The minimum Gasteiger partial charge on any atom is -0.493 e. The Morgan fingerprint density at radius 1 is 1.19 bits per heavy atom. The number of hydrogen-bond acceptors (Lipinski definition) is 6. The Morgan fingerprint density at radius 2 is 2.03 bits per heavy atom. The molecule has 0 aliphatic carbocycles. The molecule has 166 valence electrons. The van der Waals surface area contributed by atoms with Crippen LogP contribution in [-0.4, -0.2) is 82.4 Å². The van der Waals surface area contributed by atoms with Gasteiger partial charge in [-0.3, -0.25) is 9.80 Å². The fraction of sp³-hybridized carbons (Fsp3) is 0.591. The van der Waals surface area contributed by atoms with E-state index in [2.05, 4.69) is 42.8 Å². The Bertz CT molecular complexity index is 933. The van der Waals surface area contributed by atoms with Gasteiger partial charge in [0.1, 0.15) is 18.1 Å². The number of aliphatic imine (C=N–C) groups is 1. The van der Waals surface area contributed by atoms with Gasteiger partial charge in [0.15, 0.2) is 11.8 Å². The van der Waals surface area contributed by atoms with Gasteiger partial charge in [-0.15, -0.1) is 10.2 Å². The molecule has 9 heteroatoms. The summed E-state index contributed by atoms with van der Waals surface area (Å²) < 4.78 is 7.83. The molecule has 0 spiro atoms. The van der Waals surface area contributed by atoms with Gasteiger partial charge >= 0.3 is 0 Å². The number of aromatic nitrogens is 3. The maximum Gasteiger partial charge on any atom is 0.192 e. The number of hydrogen-bond donors (Lipinski definition) is 2. The largest absolute Gasteiger partial charge is 0.493 e. The van der Waals surface area contributed by atoms with Crippen LogP contribution in [0.3, 0.4) is 0 Å². The summed E-state index contributed by atoms with van der Waals surface area (Å²) in [5.41, 5.74) is 1.18. The molecule has 6 rings (SSSR count). The van der Waals surface area contributed by atoms with E-state index < -0.39 is 0 Å². The van der Waals surface area contributed by atoms with Crippen molar-refractivity contribution < 1.29 is 4.74 Å². The van der Waals surface area contributed by atoms with E-state index in [1.807, 2.05) is 30.7 Å². The molecule has 2 N–H and O–H groups in total. The van der Waals surface area contributed by atoms with Gasteiger partial charge in [-0.1, -0.05) is 18.2 Å². The predicted octanol–water partition coefficient (Wildman–Crippen LogP) is 0.682. The highest BCUT2D eigenvalue weighted by Crippen LogP contribution is 2.31. The number of nitrogens with zero attached hydrogens (tertiary/aromatic N) is 6. The molecular weight excluding hydrogens is 392 g/mol. The molecule has 2 bridgehead atoms. The predicted molar refractivity (Wildman–Crippen MR) is 119 cm³/mol. The van der Waals surface area contributed by atoms with Crippen LogP contribution >= 0.6 is 0 Å². The molecule has 0 amide bonds. The first-order valence-electron chi connectivity index (χ1n) is 11.3. The zero-order valence-corrected chi connectivity index (χ0v) is 18.4. The summed E-state index contributed by atoms with van der Waals surface area (Å²) >= 11 is 0. The second kappa shape index (κ2) is 8.84. The maximum absolute atomic E-state index is 5.84. The number of fused-ring (bicyclic) bond motifs is 4. The van der Waals surface area contributed by atoms with Crippen molar-refractivity contribution in [1.82, 2.24) is 35.2 Å². The smallest absolute Gasteiger partial charge is 0.192 e. The Hall–Kier alpha value is -2.65. The van der Waals surface area contributed by atoms with Crippen molar-refractivity contribution in [3.8, 4) is 5.75 Å². The van der Waals surface area contributed by atoms with E-state index in [9.17, 15) is 0 Å². The topological polar surface area (TPSA) is 82.8 Å². The molecule has 0 saturated carbocycles. The van der Waals surface area contributed by atoms with Gasteiger partial charge in [0.2, 0.25) is 0 Å². The first-order chi connectivity index (χ1) is 15.2. The lowest BCUT2D eigenvalue weighted by Gasteiger charge is -2.47. The zero-order chi connectivity index (χ0) is 21.2. The summed E-state index contributed by atoms with van der Waals surface area (Å²) in [6.07, 6.45) is 0.907. The molecule has 3 fully saturated rings. The molecule has 3 saturated heterocycles. The second-order valence-corrected chi connectivity index (χ2v) is 8.63. The molecular formula is C22H32N8O. The number of nitrogens with one attached hydrogen (secondary N) is 2. The number of guanidine groups is 1. The average molecular weight is 425 g/mol. The van der Waals surface area contributed by atoms with Crippen LogP contribution < -0.4 is 15.4 Å². The molecule has 0 radical (unpaired) electrons. The molecule has 2 atom stereocenters. The lowest BCUT2D eigenvalue weighted by molar-refractivity contribution is 0.0154.